The fraction of sp³-hybridized carbons (Fsp3) is 0.350. The van der Waals surface area contributed by atoms with E-state index in [1.54, 1.807) is 0 Å². The lowest BCUT2D eigenvalue weighted by molar-refractivity contribution is -0.238. The van der Waals surface area contributed by atoms with Gasteiger partial charge in [-0.1, -0.05) is 55.4 Å². The van der Waals surface area contributed by atoms with Crippen LogP contribution >= 0.6 is 0 Å². The van der Waals surface area contributed by atoms with Crippen molar-refractivity contribution in [2.24, 2.45) is 5.16 Å². The zero-order valence-corrected chi connectivity index (χ0v) is 14.7. The van der Waals surface area contributed by atoms with Crippen LogP contribution in [0.2, 0.25) is 0 Å². The molecule has 2 aromatic carbocycles. The van der Waals surface area contributed by atoms with Gasteiger partial charge in [0.1, 0.15) is 18.6 Å². The lowest BCUT2D eigenvalue weighted by Gasteiger charge is -2.33. The fourth-order valence-corrected chi connectivity index (χ4v) is 3.90. The molecule has 25 heavy (non-hydrogen) atoms. The first-order valence-corrected chi connectivity index (χ1v) is 8.32. The van der Waals surface area contributed by atoms with Crippen LogP contribution in [0.4, 0.5) is 0 Å². The van der Waals surface area contributed by atoms with Crippen molar-refractivity contribution in [1.29, 1.82) is 0 Å². The van der Waals surface area contributed by atoms with E-state index in [1.807, 2.05) is 42.5 Å². The Kier molecular flexibility index (Phi) is 3.42. The average Bonchev–Trinajstić information content (AvgIpc) is 2.99. The molecule has 0 aromatic heterocycles. The molecule has 2 aromatic rings. The van der Waals surface area contributed by atoms with Crippen LogP contribution in [0.5, 0.6) is 5.75 Å². The van der Waals surface area contributed by atoms with Gasteiger partial charge >= 0.3 is 0 Å². The molecule has 1 aliphatic carbocycles. The Morgan fingerprint density at radius 1 is 1.08 bits per heavy atom. The first kappa shape index (κ1) is 16.1. The molecule has 0 amide bonds. The van der Waals surface area contributed by atoms with Gasteiger partial charge in [-0.25, -0.2) is 0 Å². The molecule has 5 heteroatoms. The summed E-state index contributed by atoms with van der Waals surface area (Å²) in [5, 5.41) is 16.0. The molecule has 2 aliphatic rings. The van der Waals surface area contributed by atoms with E-state index in [-0.39, 0.29) is 0 Å². The van der Waals surface area contributed by atoms with E-state index < -0.39 is 11.4 Å². The first-order valence-electron chi connectivity index (χ1n) is 8.32. The number of methoxy groups -OCH3 is 1. The molecule has 2 atom stereocenters. The number of nitrogens with zero attached hydrogens (tertiary/aromatic N) is 1. The van der Waals surface area contributed by atoms with Crippen LogP contribution in [-0.4, -0.2) is 25.0 Å². The summed E-state index contributed by atoms with van der Waals surface area (Å²) in [6, 6.07) is 13.4. The SMILES string of the molecule is CON=C1c2ccccc2C2(OC)Oc3cc(C(C)C)ccc3C12O. The lowest BCUT2D eigenvalue weighted by atomic mass is 9.85. The molecule has 0 spiro atoms. The third-order valence-corrected chi connectivity index (χ3v) is 5.14. The molecular weight excluding hydrogens is 318 g/mol. The number of aliphatic hydroxyl groups is 1. The highest BCUT2D eigenvalue weighted by Gasteiger charge is 2.70. The van der Waals surface area contributed by atoms with Crippen molar-refractivity contribution in [3.63, 3.8) is 0 Å². The maximum atomic E-state index is 11.8. The minimum absolute atomic E-state index is 0.349. The molecule has 0 saturated heterocycles. The van der Waals surface area contributed by atoms with Gasteiger partial charge in [0, 0.05) is 23.8 Å². The van der Waals surface area contributed by atoms with Crippen molar-refractivity contribution < 1.29 is 19.4 Å². The van der Waals surface area contributed by atoms with Crippen molar-refractivity contribution in [1.82, 2.24) is 0 Å². The van der Waals surface area contributed by atoms with Gasteiger partial charge in [-0.3, -0.25) is 0 Å². The first-order chi connectivity index (χ1) is 12.0. The summed E-state index contributed by atoms with van der Waals surface area (Å²) in [5.41, 5.74) is 2.07. The maximum Gasteiger partial charge on any atom is 0.277 e. The molecule has 2 unspecified atom stereocenters. The molecule has 0 bridgehead atoms. The molecule has 5 nitrogen and oxygen atoms in total. The van der Waals surface area contributed by atoms with E-state index in [1.165, 1.54) is 14.2 Å². The number of hydrogen-bond donors (Lipinski definition) is 1. The number of benzene rings is 2. The van der Waals surface area contributed by atoms with Gasteiger partial charge in [0.2, 0.25) is 5.60 Å². The molecule has 1 N–H and O–H groups in total. The standard InChI is InChI=1S/C20H21NO4/c1-12(2)13-9-10-16-17(11-13)25-20(23-3)15-8-6-5-7-14(15)18(21-24-4)19(16,20)22/h5-12,22H,1-4H3. The van der Waals surface area contributed by atoms with E-state index in [2.05, 4.69) is 19.0 Å². The number of rotatable bonds is 3. The largest absolute Gasteiger partial charge is 0.454 e. The van der Waals surface area contributed by atoms with E-state index in [9.17, 15) is 5.11 Å². The minimum atomic E-state index is -1.58. The van der Waals surface area contributed by atoms with Gasteiger partial charge in [-0.2, -0.15) is 0 Å². The highest BCUT2D eigenvalue weighted by atomic mass is 16.7. The molecule has 0 radical (unpaired) electrons. The Balaban J connectivity index is 2.02. The summed E-state index contributed by atoms with van der Waals surface area (Å²) in [6.45, 7) is 4.23. The van der Waals surface area contributed by atoms with Crippen LogP contribution in [0.15, 0.2) is 47.6 Å². The third-order valence-electron chi connectivity index (χ3n) is 5.14. The highest BCUT2D eigenvalue weighted by Crippen LogP contribution is 2.60. The van der Waals surface area contributed by atoms with Crippen LogP contribution in [-0.2, 0) is 21.0 Å². The molecule has 1 aliphatic heterocycles. The van der Waals surface area contributed by atoms with Crippen LogP contribution in [0.1, 0.15) is 42.0 Å². The van der Waals surface area contributed by atoms with Crippen LogP contribution in [0.25, 0.3) is 0 Å². The van der Waals surface area contributed by atoms with Crippen molar-refractivity contribution in [3.8, 4) is 5.75 Å². The van der Waals surface area contributed by atoms with Crippen LogP contribution < -0.4 is 4.74 Å². The van der Waals surface area contributed by atoms with Gasteiger partial charge in [0.25, 0.3) is 5.79 Å². The van der Waals surface area contributed by atoms with E-state index in [0.29, 0.717) is 22.9 Å². The molecule has 1 heterocycles. The molecular formula is C20H21NO4. The van der Waals surface area contributed by atoms with Gasteiger partial charge in [0.05, 0.1) is 0 Å². The Bertz CT molecular complexity index is 876. The van der Waals surface area contributed by atoms with Crippen molar-refractivity contribution >= 4 is 5.71 Å². The molecule has 0 fully saturated rings. The number of oxime groups is 1. The Morgan fingerprint density at radius 3 is 2.52 bits per heavy atom. The summed E-state index contributed by atoms with van der Waals surface area (Å²) in [4.78, 5) is 5.04. The Hall–Kier alpha value is -2.37. The fourth-order valence-electron chi connectivity index (χ4n) is 3.90. The molecule has 130 valence electrons. The van der Waals surface area contributed by atoms with Gasteiger partial charge < -0.3 is 19.4 Å². The highest BCUT2D eigenvalue weighted by molar-refractivity contribution is 6.13. The second kappa shape index (κ2) is 5.31. The van der Waals surface area contributed by atoms with Gasteiger partial charge in [-0.05, 0) is 17.5 Å². The number of fused-ring (bicyclic) bond motifs is 5. The minimum Gasteiger partial charge on any atom is -0.454 e. The number of hydrogen-bond acceptors (Lipinski definition) is 5. The molecule has 4 rings (SSSR count). The quantitative estimate of drug-likeness (QED) is 0.872. The summed E-state index contributed by atoms with van der Waals surface area (Å²) in [7, 11) is 3.00. The predicted molar refractivity (Wildman–Crippen MR) is 93.7 cm³/mol. The van der Waals surface area contributed by atoms with Crippen LogP contribution in [0.3, 0.4) is 0 Å². The van der Waals surface area contributed by atoms with Crippen molar-refractivity contribution in [3.05, 3.63) is 64.7 Å². The summed E-state index contributed by atoms with van der Waals surface area (Å²) in [6.07, 6.45) is 0. The lowest BCUT2D eigenvalue weighted by Crippen LogP contribution is -2.50. The van der Waals surface area contributed by atoms with E-state index in [4.69, 9.17) is 14.3 Å². The van der Waals surface area contributed by atoms with E-state index in [0.717, 1.165) is 16.7 Å². The normalized spacial score (nSPS) is 27.8. The summed E-state index contributed by atoms with van der Waals surface area (Å²) in [5.74, 6) is -0.422. The van der Waals surface area contributed by atoms with Crippen molar-refractivity contribution in [2.75, 3.05) is 14.2 Å². The number of ether oxygens (including phenoxy) is 2. The zero-order chi connectivity index (χ0) is 17.8. The average molecular weight is 339 g/mol. The summed E-state index contributed by atoms with van der Waals surface area (Å²) >= 11 is 0. The maximum absolute atomic E-state index is 11.8. The predicted octanol–water partition coefficient (Wildman–Crippen LogP) is 3.25. The zero-order valence-electron chi connectivity index (χ0n) is 14.7. The van der Waals surface area contributed by atoms with Crippen molar-refractivity contribution in [2.45, 2.75) is 31.2 Å². The monoisotopic (exact) mass is 339 g/mol. The Morgan fingerprint density at radius 2 is 1.84 bits per heavy atom. The second-order valence-electron chi connectivity index (χ2n) is 6.71. The molecule has 0 saturated carbocycles. The van der Waals surface area contributed by atoms with E-state index >= 15 is 0 Å². The summed E-state index contributed by atoms with van der Waals surface area (Å²) < 4.78 is 12.1. The van der Waals surface area contributed by atoms with Gasteiger partial charge in [-0.15, -0.1) is 0 Å². The third kappa shape index (κ3) is 1.82. The van der Waals surface area contributed by atoms with Crippen LogP contribution in [0, 0.1) is 0 Å². The smallest absolute Gasteiger partial charge is 0.277 e. The Labute approximate surface area is 146 Å². The second-order valence-corrected chi connectivity index (χ2v) is 6.71. The van der Waals surface area contributed by atoms with Gasteiger partial charge in [0.15, 0.2) is 0 Å². The topological polar surface area (TPSA) is 60.3 Å².